The standard InChI is InChI=1S/C18H14Cl2N4/c1-17(19,15-7-3-13(11-21)4-8-15)23-24-18(2,20)16-9-5-14(12-22)6-10-16/h3-10H,1-2H3/b24-23+. The summed E-state index contributed by atoms with van der Waals surface area (Å²) in [5, 5.41) is 26.1. The van der Waals surface area contributed by atoms with E-state index >= 15 is 0 Å². The third kappa shape index (κ3) is 4.11. The fourth-order valence-corrected chi connectivity index (χ4v) is 2.33. The highest BCUT2D eigenvalue weighted by Crippen LogP contribution is 2.36. The van der Waals surface area contributed by atoms with Crippen molar-refractivity contribution in [2.45, 2.75) is 23.8 Å². The molecule has 120 valence electrons. The molecule has 0 aromatic heterocycles. The average Bonchev–Trinajstić information content (AvgIpc) is 2.60. The van der Waals surface area contributed by atoms with Crippen molar-refractivity contribution in [1.29, 1.82) is 10.5 Å². The van der Waals surface area contributed by atoms with Crippen LogP contribution in [0.1, 0.15) is 36.1 Å². The molecule has 0 spiro atoms. The average molecular weight is 357 g/mol. The van der Waals surface area contributed by atoms with Crippen LogP contribution in [-0.2, 0) is 10.00 Å². The van der Waals surface area contributed by atoms with E-state index in [4.69, 9.17) is 33.7 Å². The lowest BCUT2D eigenvalue weighted by Crippen LogP contribution is -2.14. The molecule has 0 aliphatic heterocycles. The molecule has 2 rings (SSSR count). The topological polar surface area (TPSA) is 72.3 Å². The van der Waals surface area contributed by atoms with Gasteiger partial charge in [0.05, 0.1) is 23.3 Å². The lowest BCUT2D eigenvalue weighted by molar-refractivity contribution is 0.577. The summed E-state index contributed by atoms with van der Waals surface area (Å²) in [6.07, 6.45) is 0. The SMILES string of the molecule is CC(Cl)(/N=N/C(C)(Cl)c1ccc(C#N)cc1)c1ccc(C#N)cc1. The largest absolute Gasteiger partial charge is 0.192 e. The van der Waals surface area contributed by atoms with Gasteiger partial charge in [-0.3, -0.25) is 0 Å². The van der Waals surface area contributed by atoms with Crippen LogP contribution in [0.5, 0.6) is 0 Å². The fraction of sp³-hybridized carbons (Fsp3) is 0.222. The number of nitriles is 2. The Labute approximate surface area is 151 Å². The van der Waals surface area contributed by atoms with E-state index in [1.165, 1.54) is 0 Å². The van der Waals surface area contributed by atoms with Crippen LogP contribution in [0.3, 0.4) is 0 Å². The van der Waals surface area contributed by atoms with Crippen LogP contribution in [0.2, 0.25) is 0 Å². The molecule has 2 aromatic carbocycles. The Bertz CT molecular complexity index is 752. The van der Waals surface area contributed by atoms with Crippen LogP contribution in [0.4, 0.5) is 0 Å². The lowest BCUT2D eigenvalue weighted by atomic mass is 10.1. The highest BCUT2D eigenvalue weighted by atomic mass is 35.5. The summed E-state index contributed by atoms with van der Waals surface area (Å²) in [4.78, 5) is -2.20. The van der Waals surface area contributed by atoms with Gasteiger partial charge < -0.3 is 0 Å². The first-order valence-electron chi connectivity index (χ1n) is 7.12. The summed E-state index contributed by atoms with van der Waals surface area (Å²) in [5.41, 5.74) is 2.50. The first kappa shape index (κ1) is 17.9. The molecule has 0 saturated heterocycles. The Morgan fingerprint density at radius 1 is 0.708 bits per heavy atom. The molecule has 6 heteroatoms. The molecule has 24 heavy (non-hydrogen) atoms. The van der Waals surface area contributed by atoms with Crippen LogP contribution in [-0.4, -0.2) is 0 Å². The van der Waals surface area contributed by atoms with Gasteiger partial charge >= 0.3 is 0 Å². The zero-order valence-corrected chi connectivity index (χ0v) is 14.7. The second-order valence-electron chi connectivity index (χ2n) is 5.49. The summed E-state index contributed by atoms with van der Waals surface area (Å²) in [6.45, 7) is 3.40. The number of nitrogens with zero attached hydrogens (tertiary/aromatic N) is 4. The van der Waals surface area contributed by atoms with Gasteiger partial charge in [-0.2, -0.15) is 20.8 Å². The van der Waals surface area contributed by atoms with Gasteiger partial charge in [0.2, 0.25) is 0 Å². The van der Waals surface area contributed by atoms with E-state index in [9.17, 15) is 0 Å². The summed E-state index contributed by atoms with van der Waals surface area (Å²) in [6, 6.07) is 17.7. The maximum Gasteiger partial charge on any atom is 0.176 e. The van der Waals surface area contributed by atoms with Crippen LogP contribution >= 0.6 is 23.2 Å². The normalized spacial score (nSPS) is 15.9. The molecule has 0 heterocycles. The van der Waals surface area contributed by atoms with Crippen molar-refractivity contribution in [3.63, 3.8) is 0 Å². The zero-order valence-electron chi connectivity index (χ0n) is 13.2. The number of benzene rings is 2. The van der Waals surface area contributed by atoms with Gasteiger partial charge in [-0.25, -0.2) is 0 Å². The van der Waals surface area contributed by atoms with Crippen LogP contribution in [0.25, 0.3) is 0 Å². The van der Waals surface area contributed by atoms with Gasteiger partial charge in [-0.05, 0) is 49.2 Å². The van der Waals surface area contributed by atoms with Crippen LogP contribution in [0, 0.1) is 22.7 Å². The number of hydrogen-bond acceptors (Lipinski definition) is 4. The van der Waals surface area contributed by atoms with Gasteiger partial charge in [0.15, 0.2) is 10.00 Å². The molecule has 0 fully saturated rings. The van der Waals surface area contributed by atoms with Crippen molar-refractivity contribution in [3.05, 3.63) is 70.8 Å². The van der Waals surface area contributed by atoms with Crippen molar-refractivity contribution in [3.8, 4) is 12.1 Å². The summed E-state index contributed by atoms with van der Waals surface area (Å²) >= 11 is 12.9. The minimum Gasteiger partial charge on any atom is -0.192 e. The van der Waals surface area contributed by atoms with E-state index < -0.39 is 10.00 Å². The van der Waals surface area contributed by atoms with Crippen molar-refractivity contribution in [2.75, 3.05) is 0 Å². The van der Waals surface area contributed by atoms with E-state index in [0.717, 1.165) is 0 Å². The van der Waals surface area contributed by atoms with E-state index in [-0.39, 0.29) is 0 Å². The Hall–Kier alpha value is -2.40. The Kier molecular flexibility index (Phi) is 5.24. The van der Waals surface area contributed by atoms with E-state index in [0.29, 0.717) is 22.3 Å². The predicted molar refractivity (Wildman–Crippen MR) is 93.6 cm³/mol. The molecule has 0 bridgehead atoms. The summed E-state index contributed by atoms with van der Waals surface area (Å²) in [7, 11) is 0. The molecule has 4 nitrogen and oxygen atoms in total. The molecule has 2 aromatic rings. The predicted octanol–water partition coefficient (Wildman–Crippen LogP) is 5.41. The third-order valence-corrected chi connectivity index (χ3v) is 4.09. The van der Waals surface area contributed by atoms with Crippen molar-refractivity contribution in [2.24, 2.45) is 10.2 Å². The third-order valence-electron chi connectivity index (χ3n) is 3.51. The van der Waals surface area contributed by atoms with Gasteiger partial charge in [0.25, 0.3) is 0 Å². The van der Waals surface area contributed by atoms with Crippen LogP contribution in [0.15, 0.2) is 58.8 Å². The molecule has 2 unspecified atom stereocenters. The smallest absolute Gasteiger partial charge is 0.176 e. The molecule has 2 atom stereocenters. The monoisotopic (exact) mass is 356 g/mol. The molecule has 0 N–H and O–H groups in total. The van der Waals surface area contributed by atoms with Gasteiger partial charge in [-0.1, -0.05) is 47.5 Å². The van der Waals surface area contributed by atoms with Gasteiger partial charge in [-0.15, -0.1) is 0 Å². The summed E-state index contributed by atoms with van der Waals surface area (Å²) < 4.78 is 0. The van der Waals surface area contributed by atoms with Crippen molar-refractivity contribution < 1.29 is 0 Å². The van der Waals surface area contributed by atoms with Crippen molar-refractivity contribution in [1.82, 2.24) is 0 Å². The maximum absolute atomic E-state index is 8.84. The van der Waals surface area contributed by atoms with E-state index in [1.807, 2.05) is 0 Å². The number of hydrogen-bond donors (Lipinski definition) is 0. The molecule has 0 amide bonds. The molecule has 0 radical (unpaired) electrons. The first-order chi connectivity index (χ1) is 11.3. The van der Waals surface area contributed by atoms with E-state index in [1.54, 1.807) is 62.4 Å². The number of halogens is 2. The second kappa shape index (κ2) is 7.01. The number of alkyl halides is 2. The molecule has 0 saturated carbocycles. The molecule has 0 aliphatic rings. The first-order valence-corrected chi connectivity index (χ1v) is 7.87. The fourth-order valence-electron chi connectivity index (χ4n) is 2.00. The minimum absolute atomic E-state index is 0.544. The molecular weight excluding hydrogens is 343 g/mol. The second-order valence-corrected chi connectivity index (χ2v) is 6.96. The molecule has 0 aliphatic carbocycles. The Morgan fingerprint density at radius 2 is 1.00 bits per heavy atom. The Morgan fingerprint density at radius 3 is 1.25 bits per heavy atom. The number of azo groups is 1. The van der Waals surface area contributed by atoms with E-state index in [2.05, 4.69) is 22.4 Å². The quantitative estimate of drug-likeness (QED) is 0.417. The number of rotatable bonds is 4. The van der Waals surface area contributed by atoms with Crippen molar-refractivity contribution >= 4 is 23.2 Å². The lowest BCUT2D eigenvalue weighted by Gasteiger charge is -2.21. The van der Waals surface area contributed by atoms with Crippen LogP contribution < -0.4 is 0 Å². The van der Waals surface area contributed by atoms with Gasteiger partial charge in [0.1, 0.15) is 0 Å². The summed E-state index contributed by atoms with van der Waals surface area (Å²) in [5.74, 6) is 0. The molecular formula is C18H14Cl2N4. The maximum atomic E-state index is 8.84. The van der Waals surface area contributed by atoms with Gasteiger partial charge in [0, 0.05) is 0 Å². The Balaban J connectivity index is 2.25. The highest BCUT2D eigenvalue weighted by Gasteiger charge is 2.27. The zero-order chi connectivity index (χ0) is 17.8. The minimum atomic E-state index is -1.10. The highest BCUT2D eigenvalue weighted by molar-refractivity contribution is 6.24.